The number of nitrogens with one attached hydrogen (secondary N) is 1. The summed E-state index contributed by atoms with van der Waals surface area (Å²) in [6.45, 7) is 6.47. The molecule has 5 heteroatoms. The van der Waals surface area contributed by atoms with Crippen molar-refractivity contribution < 1.29 is 19.4 Å². The van der Waals surface area contributed by atoms with Crippen LogP contribution in [0.25, 0.3) is 0 Å². The van der Waals surface area contributed by atoms with E-state index in [-0.39, 0.29) is 5.91 Å². The molecule has 1 unspecified atom stereocenters. The second-order valence-corrected chi connectivity index (χ2v) is 5.11. The molecule has 0 saturated heterocycles. The summed E-state index contributed by atoms with van der Waals surface area (Å²) in [6, 6.07) is 5.56. The lowest BCUT2D eigenvalue weighted by atomic mass is 10.1. The average molecular weight is 295 g/mol. The normalized spacial score (nSPS) is 13.6. The molecule has 0 radical (unpaired) electrons. The van der Waals surface area contributed by atoms with Crippen molar-refractivity contribution >= 4 is 5.91 Å². The zero-order valence-corrected chi connectivity index (χ0v) is 13.2. The maximum absolute atomic E-state index is 11.9. The molecule has 1 aromatic carbocycles. The number of aryl methyl sites for hydroxylation is 1. The van der Waals surface area contributed by atoms with Gasteiger partial charge in [-0.2, -0.15) is 0 Å². The van der Waals surface area contributed by atoms with Gasteiger partial charge < -0.3 is 19.9 Å². The molecule has 1 amide bonds. The van der Waals surface area contributed by atoms with Gasteiger partial charge in [-0.15, -0.1) is 0 Å². The molecule has 5 nitrogen and oxygen atoms in total. The molecule has 2 atom stereocenters. The highest BCUT2D eigenvalue weighted by Gasteiger charge is 2.17. The Kier molecular flexibility index (Phi) is 7.19. The molecule has 2 N–H and O–H groups in total. The van der Waals surface area contributed by atoms with Gasteiger partial charge in [0.05, 0.1) is 6.10 Å². The highest BCUT2D eigenvalue weighted by Crippen LogP contribution is 2.27. The first-order chi connectivity index (χ1) is 9.95. The summed E-state index contributed by atoms with van der Waals surface area (Å²) in [5.41, 5.74) is 1.70. The van der Waals surface area contributed by atoms with Gasteiger partial charge in [-0.1, -0.05) is 12.1 Å². The van der Waals surface area contributed by atoms with Crippen LogP contribution in [-0.4, -0.2) is 37.4 Å². The number of hydrogen-bond acceptors (Lipinski definition) is 4. The third-order valence-corrected chi connectivity index (χ3v) is 3.12. The van der Waals surface area contributed by atoms with Crippen molar-refractivity contribution in [2.24, 2.45) is 0 Å². The summed E-state index contributed by atoms with van der Waals surface area (Å²) in [7, 11) is 1.63. The quantitative estimate of drug-likeness (QED) is 0.720. The lowest BCUT2D eigenvalue weighted by molar-refractivity contribution is -0.127. The Morgan fingerprint density at radius 1 is 1.38 bits per heavy atom. The van der Waals surface area contributed by atoms with E-state index in [1.54, 1.807) is 21.0 Å². The maximum atomic E-state index is 11.9. The number of aliphatic hydroxyl groups is 1. The Morgan fingerprint density at radius 3 is 2.71 bits per heavy atom. The van der Waals surface area contributed by atoms with Crippen LogP contribution in [0, 0.1) is 6.92 Å². The molecule has 0 saturated carbocycles. The molecular formula is C16H25NO4. The highest BCUT2D eigenvalue weighted by molar-refractivity contribution is 5.80. The average Bonchev–Trinajstić information content (AvgIpc) is 2.43. The van der Waals surface area contributed by atoms with E-state index in [0.29, 0.717) is 24.5 Å². The van der Waals surface area contributed by atoms with Crippen LogP contribution in [0.4, 0.5) is 0 Å². The van der Waals surface area contributed by atoms with Crippen LogP contribution in [-0.2, 0) is 9.53 Å². The minimum Gasteiger partial charge on any atom is -0.481 e. The fourth-order valence-corrected chi connectivity index (χ4v) is 1.90. The number of methoxy groups -OCH3 is 1. The first kappa shape index (κ1) is 17.5. The number of rotatable bonds is 8. The Balaban J connectivity index is 2.63. The molecule has 21 heavy (non-hydrogen) atoms. The summed E-state index contributed by atoms with van der Waals surface area (Å²) in [5, 5.41) is 12.5. The predicted octanol–water partition coefficient (Wildman–Crippen LogP) is 1.97. The van der Waals surface area contributed by atoms with E-state index in [9.17, 15) is 9.90 Å². The summed E-state index contributed by atoms with van der Waals surface area (Å²) in [5.74, 6) is 0.369. The minimum atomic E-state index is -0.641. The summed E-state index contributed by atoms with van der Waals surface area (Å²) < 4.78 is 10.6. The van der Waals surface area contributed by atoms with E-state index in [4.69, 9.17) is 9.47 Å². The molecule has 0 aromatic heterocycles. The standard InChI is InChI=1S/C16H25NO4/c1-11-6-7-14(12(2)18)15(10-11)21-13(3)16(19)17-8-5-9-20-4/h6-7,10,12-13,18H,5,8-9H2,1-4H3,(H,17,19)/t12-,13?/m1/s1. The van der Waals surface area contributed by atoms with Gasteiger partial charge in [0.1, 0.15) is 5.75 Å². The Bertz CT molecular complexity index is 460. The molecule has 1 aromatic rings. The van der Waals surface area contributed by atoms with E-state index < -0.39 is 12.2 Å². The molecule has 0 spiro atoms. The van der Waals surface area contributed by atoms with Gasteiger partial charge in [-0.25, -0.2) is 0 Å². The third-order valence-electron chi connectivity index (χ3n) is 3.12. The summed E-state index contributed by atoms with van der Waals surface area (Å²) >= 11 is 0. The number of amides is 1. The van der Waals surface area contributed by atoms with Crippen molar-refractivity contribution in [3.63, 3.8) is 0 Å². The fourth-order valence-electron chi connectivity index (χ4n) is 1.90. The molecule has 0 fully saturated rings. The number of hydrogen-bond donors (Lipinski definition) is 2. The molecule has 0 bridgehead atoms. The van der Waals surface area contributed by atoms with Gasteiger partial charge in [0.25, 0.3) is 5.91 Å². The number of ether oxygens (including phenoxy) is 2. The number of benzene rings is 1. The second-order valence-electron chi connectivity index (χ2n) is 5.11. The van der Waals surface area contributed by atoms with Crippen LogP contribution in [0.3, 0.4) is 0 Å². The van der Waals surface area contributed by atoms with Gasteiger partial charge in [0, 0.05) is 25.8 Å². The van der Waals surface area contributed by atoms with Crippen molar-refractivity contribution in [2.45, 2.75) is 39.4 Å². The zero-order valence-electron chi connectivity index (χ0n) is 13.2. The zero-order chi connectivity index (χ0) is 15.8. The van der Waals surface area contributed by atoms with Crippen molar-refractivity contribution in [1.29, 1.82) is 0 Å². The number of carbonyl (C=O) groups is 1. The van der Waals surface area contributed by atoms with Crippen molar-refractivity contribution in [2.75, 3.05) is 20.3 Å². The third kappa shape index (κ3) is 5.73. The van der Waals surface area contributed by atoms with Crippen LogP contribution in [0.1, 0.15) is 37.5 Å². The molecule has 118 valence electrons. The number of aliphatic hydroxyl groups excluding tert-OH is 1. The van der Waals surface area contributed by atoms with Crippen molar-refractivity contribution in [3.8, 4) is 5.75 Å². The van der Waals surface area contributed by atoms with E-state index in [1.165, 1.54) is 0 Å². The van der Waals surface area contributed by atoms with E-state index in [2.05, 4.69) is 5.32 Å². The molecular weight excluding hydrogens is 270 g/mol. The lowest BCUT2D eigenvalue weighted by Gasteiger charge is -2.19. The maximum Gasteiger partial charge on any atom is 0.260 e. The smallest absolute Gasteiger partial charge is 0.260 e. The molecule has 0 aliphatic carbocycles. The topological polar surface area (TPSA) is 67.8 Å². The van der Waals surface area contributed by atoms with Crippen LogP contribution in [0.5, 0.6) is 5.75 Å². The Morgan fingerprint density at radius 2 is 2.10 bits per heavy atom. The predicted molar refractivity (Wildman–Crippen MR) is 81.4 cm³/mol. The van der Waals surface area contributed by atoms with E-state index in [1.807, 2.05) is 25.1 Å². The molecule has 1 rings (SSSR count). The van der Waals surface area contributed by atoms with Crippen LogP contribution < -0.4 is 10.1 Å². The Labute approximate surface area is 126 Å². The van der Waals surface area contributed by atoms with Gasteiger partial charge >= 0.3 is 0 Å². The van der Waals surface area contributed by atoms with Crippen LogP contribution in [0.15, 0.2) is 18.2 Å². The fraction of sp³-hybridized carbons (Fsp3) is 0.562. The van der Waals surface area contributed by atoms with Gasteiger partial charge in [0.15, 0.2) is 6.10 Å². The van der Waals surface area contributed by atoms with Gasteiger partial charge in [-0.05, 0) is 38.8 Å². The first-order valence-electron chi connectivity index (χ1n) is 7.17. The summed E-state index contributed by atoms with van der Waals surface area (Å²) in [4.78, 5) is 11.9. The van der Waals surface area contributed by atoms with Crippen molar-refractivity contribution in [1.82, 2.24) is 5.32 Å². The summed E-state index contributed by atoms with van der Waals surface area (Å²) in [6.07, 6.45) is -0.498. The second kappa shape index (κ2) is 8.64. The van der Waals surface area contributed by atoms with E-state index in [0.717, 1.165) is 12.0 Å². The lowest BCUT2D eigenvalue weighted by Crippen LogP contribution is -2.37. The van der Waals surface area contributed by atoms with Crippen LogP contribution in [0.2, 0.25) is 0 Å². The Hall–Kier alpha value is -1.59. The minimum absolute atomic E-state index is 0.177. The van der Waals surface area contributed by atoms with E-state index >= 15 is 0 Å². The number of carbonyl (C=O) groups excluding carboxylic acids is 1. The molecule has 0 aliphatic heterocycles. The van der Waals surface area contributed by atoms with Crippen LogP contribution >= 0.6 is 0 Å². The van der Waals surface area contributed by atoms with Gasteiger partial charge in [0.2, 0.25) is 0 Å². The monoisotopic (exact) mass is 295 g/mol. The SMILES string of the molecule is COCCCNC(=O)C(C)Oc1cc(C)ccc1[C@@H](C)O. The molecule has 0 heterocycles. The highest BCUT2D eigenvalue weighted by atomic mass is 16.5. The van der Waals surface area contributed by atoms with Crippen molar-refractivity contribution in [3.05, 3.63) is 29.3 Å². The molecule has 0 aliphatic rings. The largest absolute Gasteiger partial charge is 0.481 e. The van der Waals surface area contributed by atoms with Gasteiger partial charge in [-0.3, -0.25) is 4.79 Å². The first-order valence-corrected chi connectivity index (χ1v) is 7.17.